The molecule has 4 nitrogen and oxygen atoms in total. The number of hydrogen-bond donors (Lipinski definition) is 2. The summed E-state index contributed by atoms with van der Waals surface area (Å²) in [6.07, 6.45) is 3.03. The second kappa shape index (κ2) is 7.95. The third-order valence-electron chi connectivity index (χ3n) is 2.57. The first-order chi connectivity index (χ1) is 8.66. The molecule has 0 amide bonds. The Morgan fingerprint density at radius 3 is 2.83 bits per heavy atom. The van der Waals surface area contributed by atoms with E-state index in [0.717, 1.165) is 32.4 Å². The number of carboxylic acid groups (broad SMARTS) is 1. The van der Waals surface area contributed by atoms with E-state index in [9.17, 15) is 4.79 Å². The first-order valence-corrected chi connectivity index (χ1v) is 6.29. The van der Waals surface area contributed by atoms with Crippen LogP contribution >= 0.6 is 11.6 Å². The van der Waals surface area contributed by atoms with Crippen LogP contribution in [-0.4, -0.2) is 31.3 Å². The van der Waals surface area contributed by atoms with E-state index in [1.807, 2.05) is 0 Å². The highest BCUT2D eigenvalue weighted by Gasteiger charge is 2.13. The van der Waals surface area contributed by atoms with Crippen LogP contribution in [0, 0.1) is 0 Å². The molecule has 0 spiro atoms. The van der Waals surface area contributed by atoms with Gasteiger partial charge in [-0.1, -0.05) is 17.7 Å². The van der Waals surface area contributed by atoms with E-state index >= 15 is 0 Å². The van der Waals surface area contributed by atoms with Crippen LogP contribution in [0.2, 0.25) is 5.02 Å². The van der Waals surface area contributed by atoms with Crippen LogP contribution in [0.1, 0.15) is 29.6 Å². The molecule has 0 atom stereocenters. The zero-order valence-corrected chi connectivity index (χ0v) is 11.2. The van der Waals surface area contributed by atoms with Gasteiger partial charge in [-0.15, -0.1) is 0 Å². The van der Waals surface area contributed by atoms with Gasteiger partial charge in [0.05, 0.1) is 10.7 Å². The van der Waals surface area contributed by atoms with Gasteiger partial charge in [0.1, 0.15) is 5.56 Å². The number of methoxy groups -OCH3 is 1. The van der Waals surface area contributed by atoms with Gasteiger partial charge in [-0.05, 0) is 31.4 Å². The lowest BCUT2D eigenvalue weighted by Gasteiger charge is -2.10. The lowest BCUT2D eigenvalue weighted by atomic mass is 10.1. The monoisotopic (exact) mass is 271 g/mol. The van der Waals surface area contributed by atoms with Crippen molar-refractivity contribution in [1.82, 2.24) is 0 Å². The molecule has 0 radical (unpaired) electrons. The van der Waals surface area contributed by atoms with Gasteiger partial charge in [0.15, 0.2) is 0 Å². The summed E-state index contributed by atoms with van der Waals surface area (Å²) in [4.78, 5) is 11.1. The van der Waals surface area contributed by atoms with Gasteiger partial charge in [-0.3, -0.25) is 0 Å². The quantitative estimate of drug-likeness (QED) is 0.713. The maximum Gasteiger partial charge on any atom is 0.339 e. The van der Waals surface area contributed by atoms with Crippen LogP contribution in [-0.2, 0) is 4.74 Å². The molecule has 0 aliphatic heterocycles. The molecule has 0 saturated heterocycles. The zero-order valence-electron chi connectivity index (χ0n) is 10.4. The van der Waals surface area contributed by atoms with Crippen molar-refractivity contribution in [2.24, 2.45) is 0 Å². The Kier molecular flexibility index (Phi) is 6.54. The third kappa shape index (κ3) is 4.55. The van der Waals surface area contributed by atoms with Gasteiger partial charge in [-0.2, -0.15) is 0 Å². The Morgan fingerprint density at radius 2 is 2.17 bits per heavy atom. The largest absolute Gasteiger partial charge is 0.478 e. The van der Waals surface area contributed by atoms with E-state index in [2.05, 4.69) is 5.32 Å². The minimum Gasteiger partial charge on any atom is -0.478 e. The maximum atomic E-state index is 11.1. The Hall–Kier alpha value is -1.26. The number of halogens is 1. The number of hydrogen-bond acceptors (Lipinski definition) is 3. The molecule has 0 saturated carbocycles. The summed E-state index contributed by atoms with van der Waals surface area (Å²) in [7, 11) is 1.68. The molecule has 0 aromatic heterocycles. The molecular weight excluding hydrogens is 254 g/mol. The number of carboxylic acids is 1. The Labute approximate surface area is 112 Å². The van der Waals surface area contributed by atoms with Crippen molar-refractivity contribution in [1.29, 1.82) is 0 Å². The average Bonchev–Trinajstić information content (AvgIpc) is 2.33. The molecule has 0 fully saturated rings. The normalized spacial score (nSPS) is 10.3. The SMILES string of the molecule is COCCCCCNc1cccc(Cl)c1C(=O)O. The van der Waals surface area contributed by atoms with Crippen LogP contribution in [0.3, 0.4) is 0 Å². The van der Waals surface area contributed by atoms with Crippen LogP contribution in [0.4, 0.5) is 5.69 Å². The summed E-state index contributed by atoms with van der Waals surface area (Å²) in [6.45, 7) is 1.49. The van der Waals surface area contributed by atoms with Crippen molar-refractivity contribution < 1.29 is 14.6 Å². The van der Waals surface area contributed by atoms with E-state index in [0.29, 0.717) is 5.69 Å². The zero-order chi connectivity index (χ0) is 13.4. The van der Waals surface area contributed by atoms with Gasteiger partial charge in [-0.25, -0.2) is 4.79 Å². The van der Waals surface area contributed by atoms with Gasteiger partial charge >= 0.3 is 5.97 Å². The molecule has 100 valence electrons. The van der Waals surface area contributed by atoms with Gasteiger partial charge in [0, 0.05) is 20.3 Å². The lowest BCUT2D eigenvalue weighted by Crippen LogP contribution is -2.08. The van der Waals surface area contributed by atoms with E-state index in [4.69, 9.17) is 21.4 Å². The van der Waals surface area contributed by atoms with Crippen molar-refractivity contribution in [3.63, 3.8) is 0 Å². The molecule has 5 heteroatoms. The van der Waals surface area contributed by atoms with Crippen molar-refractivity contribution in [2.45, 2.75) is 19.3 Å². The number of ether oxygens (including phenoxy) is 1. The highest BCUT2D eigenvalue weighted by atomic mass is 35.5. The summed E-state index contributed by atoms with van der Waals surface area (Å²) in [6, 6.07) is 5.04. The minimum absolute atomic E-state index is 0.135. The van der Waals surface area contributed by atoms with E-state index in [1.54, 1.807) is 25.3 Å². The molecule has 1 aromatic rings. The minimum atomic E-state index is -1.01. The number of anilines is 1. The molecular formula is C13H18ClNO3. The number of carbonyl (C=O) groups is 1. The molecule has 2 N–H and O–H groups in total. The highest BCUT2D eigenvalue weighted by Crippen LogP contribution is 2.24. The fourth-order valence-electron chi connectivity index (χ4n) is 1.66. The van der Waals surface area contributed by atoms with E-state index in [-0.39, 0.29) is 10.6 Å². The van der Waals surface area contributed by atoms with Gasteiger partial charge in [0.25, 0.3) is 0 Å². The van der Waals surface area contributed by atoms with Crippen LogP contribution in [0.25, 0.3) is 0 Å². The molecule has 1 aromatic carbocycles. The standard InChI is InChI=1S/C13H18ClNO3/c1-18-9-4-2-3-8-15-11-7-5-6-10(14)12(11)13(16)17/h5-7,15H,2-4,8-9H2,1H3,(H,16,17). The second-order valence-electron chi connectivity index (χ2n) is 3.95. The Balaban J connectivity index is 2.47. The number of nitrogens with one attached hydrogen (secondary N) is 1. The predicted molar refractivity (Wildman–Crippen MR) is 72.6 cm³/mol. The van der Waals surface area contributed by atoms with Crippen LogP contribution in [0.15, 0.2) is 18.2 Å². The fourth-order valence-corrected chi connectivity index (χ4v) is 1.92. The van der Waals surface area contributed by atoms with Crippen LogP contribution < -0.4 is 5.32 Å². The van der Waals surface area contributed by atoms with E-state index in [1.165, 1.54) is 0 Å². The third-order valence-corrected chi connectivity index (χ3v) is 2.88. The smallest absolute Gasteiger partial charge is 0.339 e. The summed E-state index contributed by atoms with van der Waals surface area (Å²) >= 11 is 5.87. The summed E-state index contributed by atoms with van der Waals surface area (Å²) < 4.78 is 4.96. The first-order valence-electron chi connectivity index (χ1n) is 5.91. The van der Waals surface area contributed by atoms with Crippen molar-refractivity contribution in [3.05, 3.63) is 28.8 Å². The molecule has 0 aliphatic rings. The summed E-state index contributed by atoms with van der Waals surface area (Å²) in [5.74, 6) is -1.01. The molecule has 18 heavy (non-hydrogen) atoms. The number of rotatable bonds is 8. The second-order valence-corrected chi connectivity index (χ2v) is 4.35. The summed E-state index contributed by atoms with van der Waals surface area (Å²) in [5, 5.41) is 12.4. The van der Waals surface area contributed by atoms with Crippen molar-refractivity contribution >= 4 is 23.3 Å². The van der Waals surface area contributed by atoms with Crippen molar-refractivity contribution in [2.75, 3.05) is 25.6 Å². The lowest BCUT2D eigenvalue weighted by molar-refractivity contribution is 0.0698. The Bertz CT molecular complexity index is 396. The Morgan fingerprint density at radius 1 is 1.39 bits per heavy atom. The van der Waals surface area contributed by atoms with Gasteiger partial charge in [0.2, 0.25) is 0 Å². The molecule has 0 bridgehead atoms. The molecule has 1 rings (SSSR count). The molecule has 0 heterocycles. The predicted octanol–water partition coefficient (Wildman–Crippen LogP) is 3.27. The average molecular weight is 272 g/mol. The fraction of sp³-hybridized carbons (Fsp3) is 0.462. The topological polar surface area (TPSA) is 58.6 Å². The molecule has 0 unspecified atom stereocenters. The number of unbranched alkanes of at least 4 members (excludes halogenated alkanes) is 2. The molecule has 0 aliphatic carbocycles. The highest BCUT2D eigenvalue weighted by molar-refractivity contribution is 6.34. The van der Waals surface area contributed by atoms with Crippen molar-refractivity contribution in [3.8, 4) is 0 Å². The first kappa shape index (κ1) is 14.8. The number of aromatic carboxylic acids is 1. The van der Waals surface area contributed by atoms with Crippen LogP contribution in [0.5, 0.6) is 0 Å². The van der Waals surface area contributed by atoms with Gasteiger partial charge < -0.3 is 15.2 Å². The number of benzene rings is 1. The maximum absolute atomic E-state index is 11.1. The van der Waals surface area contributed by atoms with E-state index < -0.39 is 5.97 Å². The summed E-state index contributed by atoms with van der Waals surface area (Å²) in [5.41, 5.74) is 0.706.